The molecule has 0 unspecified atom stereocenters. The number of piperidine rings is 1. The molecule has 0 aromatic heterocycles. The van der Waals surface area contributed by atoms with Crippen LogP contribution in [0.4, 0.5) is 11.4 Å². The molecule has 0 saturated carbocycles. The summed E-state index contributed by atoms with van der Waals surface area (Å²) < 4.78 is 5.14. The smallest absolute Gasteiger partial charge is 0.271 e. The third kappa shape index (κ3) is 4.17. The summed E-state index contributed by atoms with van der Waals surface area (Å²) in [5.74, 6) is 0.650. The Hall–Kier alpha value is -2.15. The molecule has 7 nitrogen and oxygen atoms in total. The average molecular weight is 307 g/mol. The molecule has 120 valence electrons. The van der Waals surface area contributed by atoms with Gasteiger partial charge in [0.25, 0.3) is 5.69 Å². The minimum Gasteiger partial charge on any atom is -0.495 e. The van der Waals surface area contributed by atoms with Crippen molar-refractivity contribution in [2.45, 2.75) is 19.3 Å². The van der Waals surface area contributed by atoms with Crippen molar-refractivity contribution >= 4 is 17.3 Å². The fourth-order valence-electron chi connectivity index (χ4n) is 2.64. The quantitative estimate of drug-likeness (QED) is 0.666. The summed E-state index contributed by atoms with van der Waals surface area (Å²) in [5, 5.41) is 13.6. The molecule has 1 saturated heterocycles. The summed E-state index contributed by atoms with van der Waals surface area (Å²) in [6.45, 7) is 2.00. The highest BCUT2D eigenvalue weighted by Gasteiger charge is 2.20. The topological polar surface area (TPSA) is 84.7 Å². The summed E-state index contributed by atoms with van der Waals surface area (Å²) in [4.78, 5) is 24.7. The molecule has 0 bridgehead atoms. The number of ether oxygens (including phenoxy) is 1. The molecule has 0 spiro atoms. The SMILES string of the molecule is COc1ccc([N+](=O)[O-])cc1NC(=O)CC1CCN(C)CC1. The van der Waals surface area contributed by atoms with Crippen LogP contribution in [0, 0.1) is 16.0 Å². The number of carbonyl (C=O) groups is 1. The van der Waals surface area contributed by atoms with Gasteiger partial charge in [-0.3, -0.25) is 14.9 Å². The summed E-state index contributed by atoms with van der Waals surface area (Å²) in [5.41, 5.74) is 0.269. The molecule has 1 N–H and O–H groups in total. The fraction of sp³-hybridized carbons (Fsp3) is 0.533. The Morgan fingerprint density at radius 1 is 1.45 bits per heavy atom. The van der Waals surface area contributed by atoms with Crippen molar-refractivity contribution in [3.05, 3.63) is 28.3 Å². The minimum absolute atomic E-state index is 0.0737. The van der Waals surface area contributed by atoms with Crippen molar-refractivity contribution in [2.24, 2.45) is 5.92 Å². The zero-order valence-electron chi connectivity index (χ0n) is 12.9. The second kappa shape index (κ2) is 7.22. The molecule has 1 aromatic rings. The maximum absolute atomic E-state index is 12.2. The normalized spacial score (nSPS) is 16.3. The van der Waals surface area contributed by atoms with Gasteiger partial charge in [0.1, 0.15) is 5.75 Å². The van der Waals surface area contributed by atoms with Gasteiger partial charge in [0.05, 0.1) is 17.7 Å². The van der Waals surface area contributed by atoms with E-state index in [0.717, 1.165) is 25.9 Å². The number of nitrogens with one attached hydrogen (secondary N) is 1. The molecular weight excluding hydrogens is 286 g/mol. The predicted octanol–water partition coefficient (Wildman–Crippen LogP) is 2.27. The van der Waals surface area contributed by atoms with E-state index in [1.807, 2.05) is 0 Å². The Balaban J connectivity index is 2.01. The molecular formula is C15H21N3O4. The molecule has 1 fully saturated rings. The molecule has 1 amide bonds. The van der Waals surface area contributed by atoms with E-state index in [4.69, 9.17) is 4.74 Å². The van der Waals surface area contributed by atoms with E-state index < -0.39 is 4.92 Å². The Kier molecular flexibility index (Phi) is 5.32. The van der Waals surface area contributed by atoms with Crippen LogP contribution in [0.3, 0.4) is 0 Å². The third-order valence-corrected chi connectivity index (χ3v) is 3.98. The number of rotatable bonds is 5. The molecule has 1 aliphatic rings. The summed E-state index contributed by atoms with van der Waals surface area (Å²) in [7, 11) is 3.54. The van der Waals surface area contributed by atoms with E-state index in [2.05, 4.69) is 17.3 Å². The number of carbonyl (C=O) groups excluding carboxylic acids is 1. The van der Waals surface area contributed by atoms with Gasteiger partial charge in [-0.05, 0) is 45.0 Å². The largest absolute Gasteiger partial charge is 0.495 e. The zero-order valence-corrected chi connectivity index (χ0v) is 12.9. The van der Waals surface area contributed by atoms with Crippen molar-refractivity contribution in [3.63, 3.8) is 0 Å². The van der Waals surface area contributed by atoms with E-state index in [0.29, 0.717) is 23.8 Å². The van der Waals surface area contributed by atoms with Crippen molar-refractivity contribution < 1.29 is 14.5 Å². The first-order valence-electron chi connectivity index (χ1n) is 7.30. The van der Waals surface area contributed by atoms with Gasteiger partial charge in [-0.1, -0.05) is 0 Å². The monoisotopic (exact) mass is 307 g/mol. The van der Waals surface area contributed by atoms with E-state index in [1.54, 1.807) is 0 Å². The lowest BCUT2D eigenvalue weighted by molar-refractivity contribution is -0.384. The van der Waals surface area contributed by atoms with Crippen molar-refractivity contribution in [2.75, 3.05) is 32.6 Å². The van der Waals surface area contributed by atoms with Gasteiger partial charge in [-0.15, -0.1) is 0 Å². The molecule has 7 heteroatoms. The lowest BCUT2D eigenvalue weighted by Crippen LogP contribution is -2.31. The van der Waals surface area contributed by atoms with Crippen LogP contribution < -0.4 is 10.1 Å². The van der Waals surface area contributed by atoms with Gasteiger partial charge in [0, 0.05) is 18.6 Å². The second-order valence-corrected chi connectivity index (χ2v) is 5.64. The number of nitrogens with zero attached hydrogens (tertiary/aromatic N) is 2. The fourth-order valence-corrected chi connectivity index (χ4v) is 2.64. The number of nitro groups is 1. The highest BCUT2D eigenvalue weighted by atomic mass is 16.6. The number of anilines is 1. The first-order chi connectivity index (χ1) is 10.5. The van der Waals surface area contributed by atoms with Crippen LogP contribution in [0.5, 0.6) is 5.75 Å². The van der Waals surface area contributed by atoms with Crippen LogP contribution in [0.15, 0.2) is 18.2 Å². The standard InChI is InChI=1S/C15H21N3O4/c1-17-7-5-11(6-8-17)9-15(19)16-13-10-12(18(20)21)3-4-14(13)22-2/h3-4,10-11H,5-9H2,1-2H3,(H,16,19). The van der Waals surface area contributed by atoms with Crippen LogP contribution in [0.25, 0.3) is 0 Å². The van der Waals surface area contributed by atoms with E-state index in [-0.39, 0.29) is 11.6 Å². The first-order valence-corrected chi connectivity index (χ1v) is 7.30. The molecule has 0 radical (unpaired) electrons. The highest BCUT2D eigenvalue weighted by Crippen LogP contribution is 2.29. The van der Waals surface area contributed by atoms with Crippen LogP contribution in [0.1, 0.15) is 19.3 Å². The lowest BCUT2D eigenvalue weighted by Gasteiger charge is -2.28. The zero-order chi connectivity index (χ0) is 16.1. The number of likely N-dealkylation sites (tertiary alicyclic amines) is 1. The molecule has 1 aliphatic heterocycles. The lowest BCUT2D eigenvalue weighted by atomic mass is 9.93. The Labute approximate surface area is 129 Å². The van der Waals surface area contributed by atoms with Crippen LogP contribution in [-0.2, 0) is 4.79 Å². The third-order valence-electron chi connectivity index (χ3n) is 3.98. The minimum atomic E-state index is -0.494. The number of methoxy groups -OCH3 is 1. The van der Waals surface area contributed by atoms with Crippen molar-refractivity contribution in [1.29, 1.82) is 0 Å². The molecule has 1 heterocycles. The molecule has 0 aliphatic carbocycles. The summed E-state index contributed by atoms with van der Waals surface area (Å²) in [6.07, 6.45) is 2.42. The number of benzene rings is 1. The summed E-state index contributed by atoms with van der Waals surface area (Å²) >= 11 is 0. The van der Waals surface area contributed by atoms with Gasteiger partial charge >= 0.3 is 0 Å². The van der Waals surface area contributed by atoms with Gasteiger partial charge < -0.3 is 15.0 Å². The van der Waals surface area contributed by atoms with Crippen LogP contribution in [0.2, 0.25) is 0 Å². The molecule has 2 rings (SSSR count). The van der Waals surface area contributed by atoms with Gasteiger partial charge in [-0.2, -0.15) is 0 Å². The first kappa shape index (κ1) is 16.2. The van der Waals surface area contributed by atoms with E-state index >= 15 is 0 Å². The Bertz CT molecular complexity index is 554. The number of hydrogen-bond donors (Lipinski definition) is 1. The molecule has 1 aromatic carbocycles. The van der Waals surface area contributed by atoms with Crippen LogP contribution in [-0.4, -0.2) is 43.0 Å². The van der Waals surface area contributed by atoms with Crippen molar-refractivity contribution in [3.8, 4) is 5.75 Å². The maximum atomic E-state index is 12.2. The number of amides is 1. The molecule has 22 heavy (non-hydrogen) atoms. The van der Waals surface area contributed by atoms with Crippen molar-refractivity contribution in [1.82, 2.24) is 4.90 Å². The van der Waals surface area contributed by atoms with Gasteiger partial charge in [-0.25, -0.2) is 0 Å². The maximum Gasteiger partial charge on any atom is 0.271 e. The Morgan fingerprint density at radius 3 is 2.73 bits per heavy atom. The van der Waals surface area contributed by atoms with Crippen LogP contribution >= 0.6 is 0 Å². The summed E-state index contributed by atoms with van der Waals surface area (Å²) in [6, 6.07) is 4.17. The number of hydrogen-bond acceptors (Lipinski definition) is 5. The predicted molar refractivity (Wildman–Crippen MR) is 83.1 cm³/mol. The number of nitro benzene ring substituents is 1. The molecule has 0 atom stereocenters. The second-order valence-electron chi connectivity index (χ2n) is 5.64. The average Bonchev–Trinajstić information content (AvgIpc) is 2.49. The number of non-ortho nitro benzene ring substituents is 1. The van der Waals surface area contributed by atoms with E-state index in [1.165, 1.54) is 25.3 Å². The Morgan fingerprint density at radius 2 is 2.14 bits per heavy atom. The van der Waals surface area contributed by atoms with Gasteiger partial charge in [0.2, 0.25) is 5.91 Å². The van der Waals surface area contributed by atoms with Gasteiger partial charge in [0.15, 0.2) is 0 Å². The van der Waals surface area contributed by atoms with E-state index in [9.17, 15) is 14.9 Å². The highest BCUT2D eigenvalue weighted by molar-refractivity contribution is 5.92.